The van der Waals surface area contributed by atoms with E-state index in [-0.39, 0.29) is 24.0 Å². The first-order valence-corrected chi connectivity index (χ1v) is 10.2. The van der Waals surface area contributed by atoms with Gasteiger partial charge in [-0.05, 0) is 44.0 Å². The third-order valence-electron chi connectivity index (χ3n) is 5.47. The fourth-order valence-electron chi connectivity index (χ4n) is 3.87. The number of morpholine rings is 1. The second-order valence-corrected chi connectivity index (χ2v) is 8.73. The number of ether oxygens (including phenoxy) is 1. The van der Waals surface area contributed by atoms with E-state index in [1.54, 1.807) is 11.3 Å². The van der Waals surface area contributed by atoms with Crippen molar-refractivity contribution in [2.24, 2.45) is 0 Å². The highest BCUT2D eigenvalue weighted by molar-refractivity contribution is 7.12. The first-order valence-electron chi connectivity index (χ1n) is 9.37. The van der Waals surface area contributed by atoms with Crippen molar-refractivity contribution in [1.29, 1.82) is 0 Å². The van der Waals surface area contributed by atoms with Crippen molar-refractivity contribution in [2.75, 3.05) is 31.1 Å². The number of hydrogen-bond donors (Lipinski definition) is 0. The van der Waals surface area contributed by atoms with Crippen LogP contribution in [-0.2, 0) is 20.7 Å². The molecule has 4 rings (SSSR count). The van der Waals surface area contributed by atoms with Crippen LogP contribution in [0.15, 0.2) is 42.5 Å². The number of aryl methyl sites for hydroxylation is 1. The van der Waals surface area contributed by atoms with Gasteiger partial charge in [-0.3, -0.25) is 9.59 Å². The maximum absolute atomic E-state index is 12.6. The number of carbonyl (C=O) groups excluding carboxylic acids is 2. The van der Waals surface area contributed by atoms with E-state index in [1.807, 2.05) is 46.2 Å². The summed E-state index contributed by atoms with van der Waals surface area (Å²) in [6.45, 7) is 4.09. The molecule has 1 aromatic heterocycles. The summed E-state index contributed by atoms with van der Waals surface area (Å²) < 4.78 is 5.99. The summed E-state index contributed by atoms with van der Waals surface area (Å²) in [5.41, 5.74) is 0.566. The van der Waals surface area contributed by atoms with Crippen molar-refractivity contribution in [1.82, 2.24) is 4.90 Å². The SMILES string of the molecule is Cc1ccc(CC(=O)N2CCC3(CC2)CN(c2ccccc2)C(=O)CO3)s1. The molecule has 3 heterocycles. The highest BCUT2D eigenvalue weighted by Crippen LogP contribution is 2.33. The van der Waals surface area contributed by atoms with Crippen molar-refractivity contribution in [2.45, 2.75) is 31.8 Å². The van der Waals surface area contributed by atoms with Crippen molar-refractivity contribution in [3.05, 3.63) is 52.2 Å². The smallest absolute Gasteiger partial charge is 0.253 e. The Balaban J connectivity index is 1.39. The Bertz CT molecular complexity index is 825. The molecule has 2 saturated heterocycles. The van der Waals surface area contributed by atoms with Crippen LogP contribution in [0.25, 0.3) is 0 Å². The minimum absolute atomic E-state index is 0.00149. The highest BCUT2D eigenvalue weighted by Gasteiger charge is 2.43. The quantitative estimate of drug-likeness (QED) is 0.817. The molecule has 1 aromatic carbocycles. The molecule has 0 saturated carbocycles. The van der Waals surface area contributed by atoms with E-state index >= 15 is 0 Å². The molecule has 0 atom stereocenters. The van der Waals surface area contributed by atoms with Gasteiger partial charge < -0.3 is 14.5 Å². The topological polar surface area (TPSA) is 49.9 Å². The van der Waals surface area contributed by atoms with Gasteiger partial charge in [0.25, 0.3) is 5.91 Å². The lowest BCUT2D eigenvalue weighted by molar-refractivity contribution is -0.150. The van der Waals surface area contributed by atoms with Crippen molar-refractivity contribution in [3.63, 3.8) is 0 Å². The Morgan fingerprint density at radius 3 is 2.56 bits per heavy atom. The van der Waals surface area contributed by atoms with Crippen LogP contribution in [0.5, 0.6) is 0 Å². The Kier molecular flexibility index (Phi) is 5.02. The van der Waals surface area contributed by atoms with Crippen LogP contribution in [-0.4, -0.2) is 48.6 Å². The van der Waals surface area contributed by atoms with Gasteiger partial charge in [-0.25, -0.2) is 0 Å². The molecular weight excluding hydrogens is 360 g/mol. The van der Waals surface area contributed by atoms with Crippen LogP contribution in [0.4, 0.5) is 5.69 Å². The predicted molar refractivity (Wildman–Crippen MR) is 106 cm³/mol. The van der Waals surface area contributed by atoms with Gasteiger partial charge in [0, 0.05) is 28.5 Å². The molecule has 6 heteroatoms. The first kappa shape index (κ1) is 18.2. The monoisotopic (exact) mass is 384 g/mol. The average Bonchev–Trinajstić information content (AvgIpc) is 3.10. The summed E-state index contributed by atoms with van der Waals surface area (Å²) in [6, 6.07) is 13.8. The maximum Gasteiger partial charge on any atom is 0.253 e. The first-order chi connectivity index (χ1) is 13.0. The number of benzene rings is 1. The van der Waals surface area contributed by atoms with Crippen molar-refractivity contribution < 1.29 is 14.3 Å². The van der Waals surface area contributed by atoms with E-state index in [2.05, 4.69) is 13.0 Å². The third kappa shape index (κ3) is 3.92. The Hall–Kier alpha value is -2.18. The fraction of sp³-hybridized carbons (Fsp3) is 0.429. The number of para-hydroxylation sites is 1. The van der Waals surface area contributed by atoms with Gasteiger partial charge in [-0.15, -0.1) is 11.3 Å². The van der Waals surface area contributed by atoms with Crippen LogP contribution >= 0.6 is 11.3 Å². The summed E-state index contributed by atoms with van der Waals surface area (Å²) >= 11 is 1.68. The van der Waals surface area contributed by atoms with Gasteiger partial charge in [-0.1, -0.05) is 18.2 Å². The molecule has 1 spiro atoms. The van der Waals surface area contributed by atoms with E-state index in [1.165, 1.54) is 4.88 Å². The van der Waals surface area contributed by atoms with Gasteiger partial charge in [0.15, 0.2) is 0 Å². The molecule has 2 aliphatic rings. The molecule has 27 heavy (non-hydrogen) atoms. The second-order valence-electron chi connectivity index (χ2n) is 7.36. The number of hydrogen-bond acceptors (Lipinski definition) is 4. The molecular formula is C21H24N2O3S. The molecule has 0 unspecified atom stereocenters. The lowest BCUT2D eigenvalue weighted by Crippen LogP contribution is -2.59. The summed E-state index contributed by atoms with van der Waals surface area (Å²) in [4.78, 5) is 31.1. The lowest BCUT2D eigenvalue weighted by atomic mass is 9.89. The lowest BCUT2D eigenvalue weighted by Gasteiger charge is -2.47. The van der Waals surface area contributed by atoms with E-state index < -0.39 is 0 Å². The zero-order chi connectivity index (χ0) is 18.9. The number of likely N-dealkylation sites (tertiary alicyclic amines) is 1. The number of anilines is 1. The van der Waals surface area contributed by atoms with Crippen LogP contribution in [0.3, 0.4) is 0 Å². The summed E-state index contributed by atoms with van der Waals surface area (Å²) in [7, 11) is 0. The van der Waals surface area contributed by atoms with Crippen LogP contribution in [0.1, 0.15) is 22.6 Å². The Morgan fingerprint density at radius 1 is 1.15 bits per heavy atom. The van der Waals surface area contributed by atoms with Gasteiger partial charge in [0.1, 0.15) is 6.61 Å². The molecule has 0 bridgehead atoms. The number of amides is 2. The maximum atomic E-state index is 12.6. The van der Waals surface area contributed by atoms with Gasteiger partial charge in [0.2, 0.25) is 5.91 Å². The minimum atomic E-state index is -0.347. The molecule has 0 radical (unpaired) electrons. The van der Waals surface area contributed by atoms with E-state index in [4.69, 9.17) is 4.74 Å². The Labute approximate surface area is 163 Å². The summed E-state index contributed by atoms with van der Waals surface area (Å²) in [5, 5.41) is 0. The van der Waals surface area contributed by atoms with E-state index in [9.17, 15) is 9.59 Å². The molecule has 0 N–H and O–H groups in total. The molecule has 2 fully saturated rings. The van der Waals surface area contributed by atoms with Crippen LogP contribution in [0, 0.1) is 6.92 Å². The molecule has 2 amide bonds. The van der Waals surface area contributed by atoms with E-state index in [0.717, 1.165) is 23.4 Å². The summed E-state index contributed by atoms with van der Waals surface area (Å²) in [6.07, 6.45) is 2.00. The summed E-state index contributed by atoms with van der Waals surface area (Å²) in [5.74, 6) is 0.178. The third-order valence-corrected chi connectivity index (χ3v) is 6.47. The van der Waals surface area contributed by atoms with Crippen LogP contribution < -0.4 is 4.90 Å². The minimum Gasteiger partial charge on any atom is -0.363 e. The van der Waals surface area contributed by atoms with Crippen molar-refractivity contribution in [3.8, 4) is 0 Å². The molecule has 2 aliphatic heterocycles. The van der Waals surface area contributed by atoms with Crippen LogP contribution in [0.2, 0.25) is 0 Å². The molecule has 0 aliphatic carbocycles. The second kappa shape index (κ2) is 7.44. The standard InChI is InChI=1S/C21H24N2O3S/c1-16-7-8-18(27-16)13-19(24)22-11-9-21(10-12-22)15-23(20(25)14-26-21)17-5-3-2-4-6-17/h2-8H,9-15H2,1H3. The van der Waals surface area contributed by atoms with Gasteiger partial charge >= 0.3 is 0 Å². The van der Waals surface area contributed by atoms with Crippen molar-refractivity contribution >= 4 is 28.8 Å². The predicted octanol–water partition coefficient (Wildman–Crippen LogP) is 3.02. The molecule has 5 nitrogen and oxygen atoms in total. The average molecular weight is 385 g/mol. The largest absolute Gasteiger partial charge is 0.363 e. The molecule has 2 aromatic rings. The normalized spacial score (nSPS) is 19.5. The zero-order valence-corrected chi connectivity index (χ0v) is 16.3. The molecule has 142 valence electrons. The number of piperidine rings is 1. The highest BCUT2D eigenvalue weighted by atomic mass is 32.1. The number of thiophene rings is 1. The zero-order valence-electron chi connectivity index (χ0n) is 15.5. The van der Waals surface area contributed by atoms with Gasteiger partial charge in [0.05, 0.1) is 18.6 Å². The van der Waals surface area contributed by atoms with Gasteiger partial charge in [-0.2, -0.15) is 0 Å². The van der Waals surface area contributed by atoms with E-state index in [0.29, 0.717) is 26.1 Å². The Morgan fingerprint density at radius 2 is 1.89 bits per heavy atom. The fourth-order valence-corrected chi connectivity index (χ4v) is 4.75. The number of carbonyl (C=O) groups is 2. The number of nitrogens with zero attached hydrogens (tertiary/aromatic N) is 2. The number of rotatable bonds is 3.